The second-order valence-corrected chi connectivity index (χ2v) is 6.76. The van der Waals surface area contributed by atoms with E-state index in [0.717, 1.165) is 11.1 Å². The predicted octanol–water partition coefficient (Wildman–Crippen LogP) is 3.70. The third-order valence-corrected chi connectivity index (χ3v) is 4.18. The molecule has 0 atom stereocenters. The number of carbonyl (C=O) groups is 2. The number of hydrogen-bond donors (Lipinski definition) is 1. The molecule has 0 spiro atoms. The first-order chi connectivity index (χ1) is 13.8. The van der Waals surface area contributed by atoms with E-state index in [1.54, 1.807) is 18.2 Å². The Morgan fingerprint density at radius 3 is 2.38 bits per heavy atom. The van der Waals surface area contributed by atoms with Crippen LogP contribution in [0, 0.1) is 6.92 Å². The third kappa shape index (κ3) is 6.41. The van der Waals surface area contributed by atoms with Crippen LogP contribution in [0.2, 0.25) is 0 Å². The van der Waals surface area contributed by atoms with Gasteiger partial charge in [-0.3, -0.25) is 4.79 Å². The Morgan fingerprint density at radius 2 is 1.72 bits per heavy atom. The van der Waals surface area contributed by atoms with Gasteiger partial charge < -0.3 is 24.3 Å². The molecule has 0 heterocycles. The third-order valence-electron chi connectivity index (χ3n) is 4.18. The van der Waals surface area contributed by atoms with E-state index in [-0.39, 0.29) is 12.5 Å². The van der Waals surface area contributed by atoms with E-state index in [1.807, 2.05) is 39.0 Å². The van der Waals surface area contributed by atoms with Crippen LogP contribution in [0.3, 0.4) is 0 Å². The van der Waals surface area contributed by atoms with Crippen molar-refractivity contribution in [2.24, 2.45) is 0 Å². The Kier molecular flexibility index (Phi) is 7.88. The van der Waals surface area contributed by atoms with Gasteiger partial charge in [0.1, 0.15) is 17.2 Å². The lowest BCUT2D eigenvalue weighted by Gasteiger charge is -2.15. The SMILES string of the molecule is COc1ccc(OC)c(NC(=O)COC(=O)COc2cc(C)ccc2C(C)C)c1. The number of amides is 1. The number of rotatable bonds is 9. The van der Waals surface area contributed by atoms with Crippen molar-refractivity contribution in [2.45, 2.75) is 26.7 Å². The number of methoxy groups -OCH3 is 2. The largest absolute Gasteiger partial charge is 0.497 e. The molecule has 0 saturated heterocycles. The van der Waals surface area contributed by atoms with E-state index in [2.05, 4.69) is 5.32 Å². The maximum Gasteiger partial charge on any atom is 0.344 e. The highest BCUT2D eigenvalue weighted by molar-refractivity contribution is 5.94. The number of benzene rings is 2. The van der Waals surface area contributed by atoms with Gasteiger partial charge in [-0.05, 0) is 42.2 Å². The van der Waals surface area contributed by atoms with Gasteiger partial charge in [-0.2, -0.15) is 0 Å². The summed E-state index contributed by atoms with van der Waals surface area (Å²) >= 11 is 0. The van der Waals surface area contributed by atoms with E-state index in [0.29, 0.717) is 22.9 Å². The standard InChI is InChI=1S/C22H27NO6/c1-14(2)17-8-6-15(3)10-20(17)28-13-22(25)29-12-21(24)23-18-11-16(26-4)7-9-19(18)27-5/h6-11,14H,12-13H2,1-5H3,(H,23,24). The molecule has 156 valence electrons. The van der Waals surface area contributed by atoms with E-state index in [4.69, 9.17) is 18.9 Å². The zero-order chi connectivity index (χ0) is 21.4. The van der Waals surface area contributed by atoms with Crippen LogP contribution in [0.5, 0.6) is 17.2 Å². The summed E-state index contributed by atoms with van der Waals surface area (Å²) in [6.07, 6.45) is 0. The second kappa shape index (κ2) is 10.4. The van der Waals surface area contributed by atoms with Crippen molar-refractivity contribution in [3.05, 3.63) is 47.5 Å². The summed E-state index contributed by atoms with van der Waals surface area (Å²) in [5.74, 6) is 0.796. The fourth-order valence-corrected chi connectivity index (χ4v) is 2.67. The lowest BCUT2D eigenvalue weighted by atomic mass is 10.0. The van der Waals surface area contributed by atoms with Crippen LogP contribution in [-0.2, 0) is 14.3 Å². The molecule has 0 saturated carbocycles. The van der Waals surface area contributed by atoms with Gasteiger partial charge in [0.15, 0.2) is 13.2 Å². The Balaban J connectivity index is 1.88. The van der Waals surface area contributed by atoms with E-state index >= 15 is 0 Å². The predicted molar refractivity (Wildman–Crippen MR) is 110 cm³/mol. The highest BCUT2D eigenvalue weighted by atomic mass is 16.6. The minimum Gasteiger partial charge on any atom is -0.497 e. The van der Waals surface area contributed by atoms with Gasteiger partial charge in [0, 0.05) is 6.07 Å². The summed E-state index contributed by atoms with van der Waals surface area (Å²) in [6, 6.07) is 10.9. The lowest BCUT2D eigenvalue weighted by molar-refractivity contribution is -0.149. The molecule has 0 aliphatic carbocycles. The van der Waals surface area contributed by atoms with Crippen molar-refractivity contribution in [3.63, 3.8) is 0 Å². The molecule has 2 rings (SSSR count). The minimum atomic E-state index is -0.631. The van der Waals surface area contributed by atoms with Gasteiger partial charge >= 0.3 is 5.97 Å². The monoisotopic (exact) mass is 401 g/mol. The molecule has 0 aliphatic heterocycles. The summed E-state index contributed by atoms with van der Waals surface area (Å²) in [6.45, 7) is 5.33. The topological polar surface area (TPSA) is 83.1 Å². The molecule has 0 unspecified atom stereocenters. The number of ether oxygens (including phenoxy) is 4. The molecule has 0 aliphatic rings. The molecule has 0 bridgehead atoms. The van der Waals surface area contributed by atoms with Crippen molar-refractivity contribution in [3.8, 4) is 17.2 Å². The molecule has 0 aromatic heterocycles. The summed E-state index contributed by atoms with van der Waals surface area (Å²) in [5.41, 5.74) is 2.46. The first-order valence-electron chi connectivity index (χ1n) is 9.25. The molecule has 1 N–H and O–H groups in total. The van der Waals surface area contributed by atoms with Crippen LogP contribution in [0.4, 0.5) is 5.69 Å². The van der Waals surface area contributed by atoms with Crippen LogP contribution in [0.15, 0.2) is 36.4 Å². The number of esters is 1. The Hall–Kier alpha value is -3.22. The van der Waals surface area contributed by atoms with Gasteiger partial charge in [0.05, 0.1) is 19.9 Å². The molecule has 2 aromatic carbocycles. The maximum atomic E-state index is 12.1. The van der Waals surface area contributed by atoms with Crippen molar-refractivity contribution in [1.82, 2.24) is 0 Å². The zero-order valence-corrected chi connectivity index (χ0v) is 17.4. The molecule has 0 radical (unpaired) electrons. The second-order valence-electron chi connectivity index (χ2n) is 6.76. The molecule has 1 amide bonds. The van der Waals surface area contributed by atoms with Gasteiger partial charge in [-0.15, -0.1) is 0 Å². The fourth-order valence-electron chi connectivity index (χ4n) is 2.67. The van der Waals surface area contributed by atoms with Crippen molar-refractivity contribution < 1.29 is 28.5 Å². The van der Waals surface area contributed by atoms with Crippen LogP contribution in [0.25, 0.3) is 0 Å². The highest BCUT2D eigenvalue weighted by Gasteiger charge is 2.14. The van der Waals surface area contributed by atoms with Gasteiger partial charge in [0.25, 0.3) is 5.91 Å². The average molecular weight is 401 g/mol. The molecule has 7 heteroatoms. The Morgan fingerprint density at radius 1 is 0.966 bits per heavy atom. The first-order valence-corrected chi connectivity index (χ1v) is 9.25. The first kappa shape index (κ1) is 22.1. The number of nitrogens with one attached hydrogen (secondary N) is 1. The summed E-state index contributed by atoms with van der Waals surface area (Å²) in [4.78, 5) is 24.1. The summed E-state index contributed by atoms with van der Waals surface area (Å²) < 4.78 is 21.0. The van der Waals surface area contributed by atoms with Crippen LogP contribution in [-0.4, -0.2) is 39.3 Å². The molecule has 29 heavy (non-hydrogen) atoms. The molecule has 7 nitrogen and oxygen atoms in total. The number of carbonyl (C=O) groups excluding carboxylic acids is 2. The molecular formula is C22H27NO6. The number of anilines is 1. The minimum absolute atomic E-state index is 0.255. The summed E-state index contributed by atoms with van der Waals surface area (Å²) in [7, 11) is 3.01. The van der Waals surface area contributed by atoms with Crippen molar-refractivity contribution in [1.29, 1.82) is 0 Å². The number of aryl methyl sites for hydroxylation is 1. The van der Waals surface area contributed by atoms with Gasteiger partial charge in [-0.25, -0.2) is 4.79 Å². The molecule has 0 fully saturated rings. The molecular weight excluding hydrogens is 374 g/mol. The van der Waals surface area contributed by atoms with Crippen LogP contribution < -0.4 is 19.5 Å². The van der Waals surface area contributed by atoms with Crippen LogP contribution >= 0.6 is 0 Å². The quantitative estimate of drug-likeness (QED) is 0.645. The number of hydrogen-bond acceptors (Lipinski definition) is 6. The van der Waals surface area contributed by atoms with Gasteiger partial charge in [0.2, 0.25) is 0 Å². The summed E-state index contributed by atoms with van der Waals surface area (Å²) in [5, 5.41) is 2.63. The average Bonchev–Trinajstić information content (AvgIpc) is 2.70. The molecule has 2 aromatic rings. The van der Waals surface area contributed by atoms with E-state index in [1.165, 1.54) is 14.2 Å². The van der Waals surface area contributed by atoms with E-state index < -0.39 is 18.5 Å². The zero-order valence-electron chi connectivity index (χ0n) is 17.4. The van der Waals surface area contributed by atoms with E-state index in [9.17, 15) is 9.59 Å². The Labute approximate surface area is 170 Å². The van der Waals surface area contributed by atoms with Crippen molar-refractivity contribution >= 4 is 17.6 Å². The fraction of sp³-hybridized carbons (Fsp3) is 0.364. The van der Waals surface area contributed by atoms with Crippen molar-refractivity contribution in [2.75, 3.05) is 32.8 Å². The lowest BCUT2D eigenvalue weighted by Crippen LogP contribution is -2.24. The van der Waals surface area contributed by atoms with Crippen LogP contribution in [0.1, 0.15) is 30.9 Å². The maximum absolute atomic E-state index is 12.1. The highest BCUT2D eigenvalue weighted by Crippen LogP contribution is 2.29. The van der Waals surface area contributed by atoms with Gasteiger partial charge in [-0.1, -0.05) is 26.0 Å². The normalized spacial score (nSPS) is 10.4. The smallest absolute Gasteiger partial charge is 0.344 e. The Bertz CT molecular complexity index is 862.